The van der Waals surface area contributed by atoms with Crippen molar-refractivity contribution < 1.29 is 0 Å². The van der Waals surface area contributed by atoms with E-state index in [0.29, 0.717) is 17.3 Å². The van der Waals surface area contributed by atoms with Crippen molar-refractivity contribution in [2.75, 3.05) is 0 Å². The second-order valence-electron chi connectivity index (χ2n) is 3.21. The first kappa shape index (κ1) is 10.6. The van der Waals surface area contributed by atoms with Gasteiger partial charge in [0.25, 0.3) is 0 Å². The predicted molar refractivity (Wildman–Crippen MR) is 62.3 cm³/mol. The second-order valence-corrected chi connectivity index (χ2v) is 3.65. The third kappa shape index (κ3) is 1.76. The number of hydrogen-bond acceptors (Lipinski definition) is 5. The van der Waals surface area contributed by atoms with Crippen LogP contribution in [0.4, 0.5) is 0 Å². The number of hydrogen-bond donors (Lipinski definition) is 1. The Morgan fingerprint density at radius 1 is 1.31 bits per heavy atom. The minimum absolute atomic E-state index is 0.190. The first-order valence-electron chi connectivity index (χ1n) is 4.61. The van der Waals surface area contributed by atoms with E-state index >= 15 is 0 Å². The Hall–Kier alpha value is -1.89. The first-order valence-corrected chi connectivity index (χ1v) is 5.02. The van der Waals surface area contributed by atoms with Gasteiger partial charge in [-0.3, -0.25) is 0 Å². The maximum absolute atomic E-state index is 5.58. The monoisotopic (exact) mass is 234 g/mol. The van der Waals surface area contributed by atoms with Crippen LogP contribution in [0.2, 0.25) is 0 Å². The fraction of sp³-hybridized carbons (Fsp3) is 0.222. The Morgan fingerprint density at radius 3 is 2.56 bits per heavy atom. The molecule has 0 aliphatic heterocycles. The topological polar surface area (TPSA) is 82.5 Å². The van der Waals surface area contributed by atoms with Crippen LogP contribution in [0.1, 0.15) is 17.3 Å². The van der Waals surface area contributed by atoms with Crippen LogP contribution in [0.5, 0.6) is 0 Å². The lowest BCUT2D eigenvalue weighted by Crippen LogP contribution is -2.17. The van der Waals surface area contributed by atoms with E-state index < -0.39 is 0 Å². The molecule has 0 fully saturated rings. The van der Waals surface area contributed by atoms with E-state index in [1.807, 2.05) is 6.92 Å². The molecule has 0 bridgehead atoms. The molecule has 0 saturated heterocycles. The van der Waals surface area contributed by atoms with Crippen molar-refractivity contribution in [3.05, 3.63) is 29.7 Å². The highest BCUT2D eigenvalue weighted by Gasteiger charge is 2.13. The summed E-state index contributed by atoms with van der Waals surface area (Å²) in [5.41, 5.74) is 6.03. The second kappa shape index (κ2) is 3.93. The molecule has 0 aromatic carbocycles. The zero-order valence-electron chi connectivity index (χ0n) is 8.88. The number of rotatable bonds is 2. The summed E-state index contributed by atoms with van der Waals surface area (Å²) >= 11 is 4.91. The summed E-state index contributed by atoms with van der Waals surface area (Å²) in [6.07, 6.45) is 3.10. The van der Waals surface area contributed by atoms with Crippen LogP contribution in [0, 0.1) is 13.8 Å². The smallest absolute Gasteiger partial charge is 0.184 e. The number of aryl methyl sites for hydroxylation is 2. The summed E-state index contributed by atoms with van der Waals surface area (Å²) in [6, 6.07) is 0. The van der Waals surface area contributed by atoms with E-state index in [0.717, 1.165) is 5.82 Å². The molecule has 2 N–H and O–H groups in total. The molecular formula is C9H10N6S. The van der Waals surface area contributed by atoms with E-state index in [4.69, 9.17) is 18.0 Å². The highest BCUT2D eigenvalue weighted by Crippen LogP contribution is 2.09. The van der Waals surface area contributed by atoms with Gasteiger partial charge in [0, 0.05) is 12.4 Å². The predicted octanol–water partition coefficient (Wildman–Crippen LogP) is 0.308. The van der Waals surface area contributed by atoms with E-state index in [2.05, 4.69) is 20.1 Å². The lowest BCUT2D eigenvalue weighted by atomic mass is 10.4. The Labute approximate surface area is 97.5 Å². The van der Waals surface area contributed by atoms with Gasteiger partial charge in [0.15, 0.2) is 5.82 Å². The average Bonchev–Trinajstić information content (AvgIpc) is 2.57. The molecule has 82 valence electrons. The van der Waals surface area contributed by atoms with Crippen LogP contribution in [0.25, 0.3) is 5.82 Å². The molecule has 0 atom stereocenters. The number of nitrogens with two attached hydrogens (primary N) is 1. The van der Waals surface area contributed by atoms with Crippen molar-refractivity contribution in [3.8, 4) is 5.82 Å². The highest BCUT2D eigenvalue weighted by molar-refractivity contribution is 7.80. The maximum Gasteiger partial charge on any atom is 0.184 e. The van der Waals surface area contributed by atoms with Crippen LogP contribution in [-0.4, -0.2) is 29.7 Å². The largest absolute Gasteiger partial charge is 0.388 e. The molecule has 6 nitrogen and oxygen atoms in total. The Bertz CT molecular complexity index is 547. The fourth-order valence-electron chi connectivity index (χ4n) is 1.38. The third-order valence-corrected chi connectivity index (χ3v) is 2.18. The molecule has 2 aromatic rings. The first-order chi connectivity index (χ1) is 7.59. The molecule has 2 aromatic heterocycles. The van der Waals surface area contributed by atoms with Crippen molar-refractivity contribution >= 4 is 17.2 Å². The van der Waals surface area contributed by atoms with E-state index in [-0.39, 0.29) is 4.99 Å². The fourth-order valence-corrected chi connectivity index (χ4v) is 1.53. The van der Waals surface area contributed by atoms with Crippen molar-refractivity contribution in [1.82, 2.24) is 24.7 Å². The van der Waals surface area contributed by atoms with E-state index in [1.165, 1.54) is 6.20 Å². The molecule has 0 saturated carbocycles. The number of nitrogens with zero attached hydrogens (tertiary/aromatic N) is 5. The van der Waals surface area contributed by atoms with Crippen LogP contribution < -0.4 is 5.73 Å². The quantitative estimate of drug-likeness (QED) is 0.753. The van der Waals surface area contributed by atoms with Gasteiger partial charge in [-0.2, -0.15) is 4.68 Å². The molecule has 0 amide bonds. The standard InChI is InChI=1S/C9H10N6S/c1-5-13-6(2)15(14-5)9-7(8(10)16)11-3-4-12-9/h3-4H,1-2H3,(H2,10,16). The Kier molecular flexibility index (Phi) is 2.61. The van der Waals surface area contributed by atoms with E-state index in [9.17, 15) is 0 Å². The molecule has 0 aliphatic rings. The highest BCUT2D eigenvalue weighted by atomic mass is 32.1. The van der Waals surface area contributed by atoms with Crippen molar-refractivity contribution in [2.24, 2.45) is 5.73 Å². The summed E-state index contributed by atoms with van der Waals surface area (Å²) < 4.78 is 1.58. The minimum atomic E-state index is 0.190. The molecule has 2 heterocycles. The third-order valence-electron chi connectivity index (χ3n) is 1.99. The van der Waals surface area contributed by atoms with Gasteiger partial charge in [-0.1, -0.05) is 12.2 Å². The van der Waals surface area contributed by atoms with Crippen molar-refractivity contribution in [3.63, 3.8) is 0 Å². The van der Waals surface area contributed by atoms with Crippen LogP contribution in [0.15, 0.2) is 12.4 Å². The number of aromatic nitrogens is 5. The number of thiocarbonyl (C=S) groups is 1. The van der Waals surface area contributed by atoms with Gasteiger partial charge in [-0.05, 0) is 13.8 Å². The van der Waals surface area contributed by atoms with Gasteiger partial charge in [-0.25, -0.2) is 15.0 Å². The Morgan fingerprint density at radius 2 is 2.00 bits per heavy atom. The van der Waals surface area contributed by atoms with Crippen molar-refractivity contribution in [2.45, 2.75) is 13.8 Å². The molecular weight excluding hydrogens is 224 g/mol. The van der Waals surface area contributed by atoms with E-state index in [1.54, 1.807) is 17.8 Å². The van der Waals surface area contributed by atoms with Crippen LogP contribution in [0.3, 0.4) is 0 Å². The van der Waals surface area contributed by atoms with Crippen LogP contribution in [-0.2, 0) is 0 Å². The van der Waals surface area contributed by atoms with Gasteiger partial charge in [0.1, 0.15) is 22.3 Å². The van der Waals surface area contributed by atoms with Gasteiger partial charge in [0.05, 0.1) is 0 Å². The Balaban J connectivity index is 2.64. The molecule has 0 radical (unpaired) electrons. The summed E-state index contributed by atoms with van der Waals surface area (Å²) in [7, 11) is 0. The van der Waals surface area contributed by atoms with Gasteiger partial charge in [-0.15, -0.1) is 5.10 Å². The summed E-state index contributed by atoms with van der Waals surface area (Å²) in [4.78, 5) is 12.6. The lowest BCUT2D eigenvalue weighted by molar-refractivity contribution is 0.794. The molecule has 0 aliphatic carbocycles. The minimum Gasteiger partial charge on any atom is -0.388 e. The summed E-state index contributed by atoms with van der Waals surface area (Å²) in [5, 5.41) is 4.21. The molecule has 0 spiro atoms. The maximum atomic E-state index is 5.58. The van der Waals surface area contributed by atoms with Crippen molar-refractivity contribution in [1.29, 1.82) is 0 Å². The molecule has 16 heavy (non-hydrogen) atoms. The molecule has 7 heteroatoms. The van der Waals surface area contributed by atoms with Gasteiger partial charge in [0.2, 0.25) is 0 Å². The molecule has 2 rings (SSSR count). The summed E-state index contributed by atoms with van der Waals surface area (Å²) in [5.74, 6) is 1.89. The summed E-state index contributed by atoms with van der Waals surface area (Å²) in [6.45, 7) is 3.64. The zero-order chi connectivity index (χ0) is 11.7. The molecule has 0 unspecified atom stereocenters. The van der Waals surface area contributed by atoms with Gasteiger partial charge >= 0.3 is 0 Å². The van der Waals surface area contributed by atoms with Gasteiger partial charge < -0.3 is 5.73 Å². The SMILES string of the molecule is Cc1nc(C)n(-c2nccnc2C(N)=S)n1. The normalized spacial score (nSPS) is 10.4. The lowest BCUT2D eigenvalue weighted by Gasteiger charge is -2.05. The zero-order valence-corrected chi connectivity index (χ0v) is 9.69. The average molecular weight is 234 g/mol. The van der Waals surface area contributed by atoms with Crippen LogP contribution >= 0.6 is 12.2 Å².